The number of halogens is 1. The van der Waals surface area contributed by atoms with Crippen molar-refractivity contribution in [2.45, 2.75) is 32.4 Å². The first-order chi connectivity index (χ1) is 13.2. The number of anilines is 2. The van der Waals surface area contributed by atoms with Gasteiger partial charge in [-0.2, -0.15) is 0 Å². The minimum atomic E-state index is -1.14. The third kappa shape index (κ3) is 4.73. The van der Waals surface area contributed by atoms with E-state index in [1.165, 1.54) is 12.1 Å². The summed E-state index contributed by atoms with van der Waals surface area (Å²) in [5.74, 6) is -0.687. The van der Waals surface area contributed by atoms with Crippen LogP contribution in [0.2, 0.25) is 25.7 Å². The van der Waals surface area contributed by atoms with E-state index in [2.05, 4.69) is 29.9 Å². The number of hydrogen-bond donors (Lipinski definition) is 1. The van der Waals surface area contributed by atoms with Gasteiger partial charge in [-0.05, 0) is 24.2 Å². The molecule has 0 aliphatic rings. The number of non-ortho nitro benzene ring substituents is 1. The number of nitrogens with one attached hydrogen (secondary N) is 1. The lowest BCUT2D eigenvalue weighted by Crippen LogP contribution is -2.22. The molecule has 0 bridgehead atoms. The molecule has 2 heterocycles. The van der Waals surface area contributed by atoms with Crippen LogP contribution in [0.5, 0.6) is 0 Å². The van der Waals surface area contributed by atoms with Crippen molar-refractivity contribution in [2.75, 3.05) is 11.9 Å². The molecule has 7 nitrogen and oxygen atoms in total. The molecule has 0 saturated carbocycles. The summed E-state index contributed by atoms with van der Waals surface area (Å²) in [6, 6.07) is 8.23. The lowest BCUT2D eigenvalue weighted by atomic mass is 10.2. The molecular formula is C19H23FN4O3Si. The monoisotopic (exact) mass is 402 g/mol. The largest absolute Gasteiger partial charge is 0.361 e. The van der Waals surface area contributed by atoms with Crippen LogP contribution in [-0.2, 0) is 11.5 Å². The Hall–Kier alpha value is -2.78. The molecule has 3 rings (SSSR count). The Labute approximate surface area is 163 Å². The van der Waals surface area contributed by atoms with Gasteiger partial charge >= 0.3 is 0 Å². The number of nitro groups is 1. The molecule has 0 atom stereocenters. The van der Waals surface area contributed by atoms with Crippen LogP contribution in [0, 0.1) is 15.9 Å². The average molecular weight is 403 g/mol. The molecule has 0 amide bonds. The van der Waals surface area contributed by atoms with Gasteiger partial charge in [-0.25, -0.2) is 9.37 Å². The van der Waals surface area contributed by atoms with Crippen molar-refractivity contribution in [3.05, 3.63) is 58.7 Å². The molecule has 0 unspecified atom stereocenters. The molecule has 2 aromatic heterocycles. The molecule has 1 aromatic carbocycles. The van der Waals surface area contributed by atoms with E-state index in [1.54, 1.807) is 12.3 Å². The summed E-state index contributed by atoms with van der Waals surface area (Å²) in [6.45, 7) is 8.02. The van der Waals surface area contributed by atoms with Crippen LogP contribution in [0.4, 0.5) is 21.5 Å². The maximum absolute atomic E-state index is 14.2. The molecule has 28 heavy (non-hydrogen) atoms. The van der Waals surface area contributed by atoms with E-state index in [4.69, 9.17) is 4.74 Å². The topological polar surface area (TPSA) is 82.2 Å². The van der Waals surface area contributed by atoms with E-state index in [0.29, 0.717) is 19.0 Å². The van der Waals surface area contributed by atoms with E-state index in [1.807, 2.05) is 16.8 Å². The molecule has 148 valence electrons. The predicted molar refractivity (Wildman–Crippen MR) is 110 cm³/mol. The van der Waals surface area contributed by atoms with Crippen molar-refractivity contribution in [1.29, 1.82) is 0 Å². The van der Waals surface area contributed by atoms with Crippen molar-refractivity contribution < 1.29 is 14.1 Å². The van der Waals surface area contributed by atoms with E-state index >= 15 is 0 Å². The van der Waals surface area contributed by atoms with Crippen molar-refractivity contribution in [2.24, 2.45) is 0 Å². The van der Waals surface area contributed by atoms with Crippen LogP contribution < -0.4 is 5.32 Å². The number of rotatable bonds is 8. The Balaban J connectivity index is 1.77. The standard InChI is InChI=1S/C19H23FN4O3Si/c1-28(2,3)11-10-27-13-23-9-7-15-17(6-8-21-19(15)23)22-18-5-4-14(24(25)26)12-16(18)20/h4-9,12H,10-11,13H2,1-3H3,(H,21,22). The van der Waals surface area contributed by atoms with Gasteiger partial charge in [0.2, 0.25) is 0 Å². The van der Waals surface area contributed by atoms with Gasteiger partial charge in [-0.15, -0.1) is 0 Å². The first kappa shape index (κ1) is 20.0. The third-order valence-corrected chi connectivity index (χ3v) is 6.03. The molecule has 0 aliphatic heterocycles. The second-order valence-corrected chi connectivity index (χ2v) is 13.4. The zero-order valence-corrected chi connectivity index (χ0v) is 17.1. The van der Waals surface area contributed by atoms with Crippen LogP contribution in [0.15, 0.2) is 42.7 Å². The Kier molecular flexibility index (Phi) is 5.75. The van der Waals surface area contributed by atoms with Gasteiger partial charge in [0.05, 0.1) is 22.4 Å². The van der Waals surface area contributed by atoms with Crippen molar-refractivity contribution in [1.82, 2.24) is 9.55 Å². The fourth-order valence-corrected chi connectivity index (χ4v) is 3.47. The Bertz CT molecular complexity index is 1000. The minimum Gasteiger partial charge on any atom is -0.361 e. The fraction of sp³-hybridized carbons (Fsp3) is 0.316. The van der Waals surface area contributed by atoms with Crippen molar-refractivity contribution in [3.63, 3.8) is 0 Å². The number of ether oxygens (including phenoxy) is 1. The maximum Gasteiger partial charge on any atom is 0.272 e. The highest BCUT2D eigenvalue weighted by Crippen LogP contribution is 2.28. The molecule has 0 saturated heterocycles. The molecule has 0 radical (unpaired) electrons. The number of fused-ring (bicyclic) bond motifs is 1. The van der Waals surface area contributed by atoms with Crippen LogP contribution in [-0.4, -0.2) is 29.2 Å². The first-order valence-electron chi connectivity index (χ1n) is 8.97. The Morgan fingerprint density at radius 1 is 1.25 bits per heavy atom. The zero-order valence-electron chi connectivity index (χ0n) is 16.1. The zero-order chi connectivity index (χ0) is 20.3. The van der Waals surface area contributed by atoms with Crippen molar-refractivity contribution >= 4 is 36.2 Å². The summed E-state index contributed by atoms with van der Waals surface area (Å²) in [7, 11) is -1.14. The number of nitro benzene ring substituents is 1. The Morgan fingerprint density at radius 3 is 2.71 bits per heavy atom. The van der Waals surface area contributed by atoms with E-state index in [0.717, 1.165) is 23.1 Å². The van der Waals surface area contributed by atoms with E-state index in [-0.39, 0.29) is 11.4 Å². The predicted octanol–water partition coefficient (Wildman–Crippen LogP) is 5.14. The lowest BCUT2D eigenvalue weighted by Gasteiger charge is -2.15. The molecule has 9 heteroatoms. The normalized spacial score (nSPS) is 11.7. The molecule has 1 N–H and O–H groups in total. The van der Waals surface area contributed by atoms with Gasteiger partial charge in [0.1, 0.15) is 12.4 Å². The Morgan fingerprint density at radius 2 is 2.04 bits per heavy atom. The number of aromatic nitrogens is 2. The smallest absolute Gasteiger partial charge is 0.272 e. The van der Waals surface area contributed by atoms with Crippen LogP contribution in [0.3, 0.4) is 0 Å². The van der Waals surface area contributed by atoms with Crippen LogP contribution >= 0.6 is 0 Å². The van der Waals surface area contributed by atoms with Crippen molar-refractivity contribution in [3.8, 4) is 0 Å². The van der Waals surface area contributed by atoms with Gasteiger partial charge in [-0.1, -0.05) is 19.6 Å². The van der Waals surface area contributed by atoms with Gasteiger partial charge in [0.25, 0.3) is 5.69 Å². The van der Waals surface area contributed by atoms with Gasteiger partial charge in [0, 0.05) is 38.5 Å². The summed E-state index contributed by atoms with van der Waals surface area (Å²) >= 11 is 0. The number of pyridine rings is 1. The van der Waals surface area contributed by atoms with E-state index in [9.17, 15) is 14.5 Å². The summed E-state index contributed by atoms with van der Waals surface area (Å²) < 4.78 is 21.9. The third-order valence-electron chi connectivity index (χ3n) is 4.32. The summed E-state index contributed by atoms with van der Waals surface area (Å²) in [6.07, 6.45) is 3.51. The average Bonchev–Trinajstić information content (AvgIpc) is 3.03. The summed E-state index contributed by atoms with van der Waals surface area (Å²) in [5.41, 5.74) is 1.26. The summed E-state index contributed by atoms with van der Waals surface area (Å²) in [4.78, 5) is 14.5. The minimum absolute atomic E-state index is 0.164. The highest BCUT2D eigenvalue weighted by molar-refractivity contribution is 6.76. The molecule has 0 fully saturated rings. The second kappa shape index (κ2) is 8.07. The first-order valence-corrected chi connectivity index (χ1v) is 12.7. The fourth-order valence-electron chi connectivity index (χ4n) is 2.71. The van der Waals surface area contributed by atoms with Crippen LogP contribution in [0.1, 0.15) is 0 Å². The summed E-state index contributed by atoms with van der Waals surface area (Å²) in [5, 5.41) is 14.6. The highest BCUT2D eigenvalue weighted by atomic mass is 28.3. The van der Waals surface area contributed by atoms with Crippen LogP contribution in [0.25, 0.3) is 11.0 Å². The number of nitrogens with zero attached hydrogens (tertiary/aromatic N) is 3. The van der Waals surface area contributed by atoms with Gasteiger partial charge < -0.3 is 14.6 Å². The second-order valence-electron chi connectivity index (χ2n) is 7.78. The van der Waals surface area contributed by atoms with E-state index < -0.39 is 18.8 Å². The number of hydrogen-bond acceptors (Lipinski definition) is 5. The molecule has 0 spiro atoms. The molecule has 3 aromatic rings. The highest BCUT2D eigenvalue weighted by Gasteiger charge is 2.14. The number of benzene rings is 1. The SMILES string of the molecule is C[Si](C)(C)CCOCn1ccc2c(Nc3ccc([N+](=O)[O-])cc3F)ccnc21. The molecular weight excluding hydrogens is 379 g/mol. The quantitative estimate of drug-likeness (QED) is 0.244. The van der Waals surface area contributed by atoms with Gasteiger partial charge in [0.15, 0.2) is 5.82 Å². The maximum atomic E-state index is 14.2. The lowest BCUT2D eigenvalue weighted by molar-refractivity contribution is -0.385. The molecule has 0 aliphatic carbocycles. The van der Waals surface area contributed by atoms with Gasteiger partial charge in [-0.3, -0.25) is 10.1 Å².